The average molecular weight is 291 g/mol. The minimum Gasteiger partial charge on any atom is -0.491 e. The third kappa shape index (κ3) is 3.26. The van der Waals surface area contributed by atoms with Crippen molar-refractivity contribution in [3.05, 3.63) is 23.8 Å². The third-order valence-electron chi connectivity index (χ3n) is 3.68. The molecule has 1 atom stereocenters. The van der Waals surface area contributed by atoms with E-state index in [1.165, 1.54) is 0 Å². The first-order valence-corrected chi connectivity index (χ1v) is 7.14. The van der Waals surface area contributed by atoms with E-state index in [0.717, 1.165) is 12.8 Å². The Labute approximate surface area is 124 Å². The molecule has 0 aliphatic carbocycles. The van der Waals surface area contributed by atoms with Crippen molar-refractivity contribution in [1.29, 1.82) is 0 Å². The Morgan fingerprint density at radius 3 is 2.86 bits per heavy atom. The number of hydrogen-bond donors (Lipinski definition) is 2. The smallest absolute Gasteiger partial charge is 0.257 e. The van der Waals surface area contributed by atoms with Crippen LogP contribution in [0.1, 0.15) is 30.1 Å². The summed E-state index contributed by atoms with van der Waals surface area (Å²) in [5.41, 5.74) is 12.1. The summed E-state index contributed by atoms with van der Waals surface area (Å²) in [5, 5.41) is 0. The molecule has 0 bridgehead atoms. The number of piperidine rings is 1. The quantitative estimate of drug-likeness (QED) is 0.809. The number of carbonyl (C=O) groups is 2. The van der Waals surface area contributed by atoms with Gasteiger partial charge in [-0.05, 0) is 31.9 Å². The molecule has 1 unspecified atom stereocenters. The van der Waals surface area contributed by atoms with Crippen LogP contribution in [0.25, 0.3) is 0 Å². The molecular weight excluding hydrogens is 270 g/mol. The number of carbonyl (C=O) groups excluding carboxylic acids is 2. The molecule has 2 amide bonds. The number of nitrogen functional groups attached to an aromatic ring is 1. The minimum absolute atomic E-state index is 0.170. The number of anilines is 1. The van der Waals surface area contributed by atoms with E-state index in [1.807, 2.05) is 6.92 Å². The first-order valence-electron chi connectivity index (χ1n) is 7.14. The summed E-state index contributed by atoms with van der Waals surface area (Å²) in [4.78, 5) is 25.6. The molecule has 114 valence electrons. The van der Waals surface area contributed by atoms with Gasteiger partial charge in [0.25, 0.3) is 5.91 Å². The molecule has 4 N–H and O–H groups in total. The predicted octanol–water partition coefficient (Wildman–Crippen LogP) is 1.00. The number of rotatable bonds is 4. The summed E-state index contributed by atoms with van der Waals surface area (Å²) >= 11 is 0. The minimum atomic E-state index is -0.356. The van der Waals surface area contributed by atoms with Crippen LogP contribution in [0.5, 0.6) is 5.75 Å². The van der Waals surface area contributed by atoms with E-state index in [0.29, 0.717) is 36.7 Å². The summed E-state index contributed by atoms with van der Waals surface area (Å²) in [6.07, 6.45) is 1.50. The molecule has 0 radical (unpaired) electrons. The number of nitrogens with two attached hydrogens (primary N) is 2. The third-order valence-corrected chi connectivity index (χ3v) is 3.68. The SMILES string of the molecule is CCOc1c(N)cccc1C(=O)N1CCCC(C(N)=O)C1. The van der Waals surface area contributed by atoms with Gasteiger partial charge >= 0.3 is 0 Å². The first kappa shape index (κ1) is 15.2. The van der Waals surface area contributed by atoms with E-state index < -0.39 is 0 Å². The lowest BCUT2D eigenvalue weighted by Gasteiger charge is -2.31. The van der Waals surface area contributed by atoms with Gasteiger partial charge in [0.1, 0.15) is 0 Å². The molecule has 2 rings (SSSR count). The lowest BCUT2D eigenvalue weighted by Crippen LogP contribution is -2.44. The van der Waals surface area contributed by atoms with Gasteiger partial charge in [-0.1, -0.05) is 6.07 Å². The highest BCUT2D eigenvalue weighted by atomic mass is 16.5. The molecule has 0 spiro atoms. The number of benzene rings is 1. The Bertz CT molecular complexity index is 545. The number of hydrogen-bond acceptors (Lipinski definition) is 4. The standard InChI is InChI=1S/C15H21N3O3/c1-2-21-13-11(6-3-7-12(13)16)15(20)18-8-4-5-10(9-18)14(17)19/h3,6-7,10H,2,4-5,8-9,16H2,1H3,(H2,17,19). The van der Waals surface area contributed by atoms with Gasteiger partial charge in [0.2, 0.25) is 5.91 Å². The van der Waals surface area contributed by atoms with Crippen LogP contribution >= 0.6 is 0 Å². The number of likely N-dealkylation sites (tertiary alicyclic amines) is 1. The van der Waals surface area contributed by atoms with E-state index in [1.54, 1.807) is 23.1 Å². The topological polar surface area (TPSA) is 98.7 Å². The van der Waals surface area contributed by atoms with Crippen LogP contribution in [-0.4, -0.2) is 36.4 Å². The normalized spacial score (nSPS) is 18.3. The molecule has 21 heavy (non-hydrogen) atoms. The highest BCUT2D eigenvalue weighted by Gasteiger charge is 2.29. The number of nitrogens with zero attached hydrogens (tertiary/aromatic N) is 1. The molecule has 1 saturated heterocycles. The van der Waals surface area contributed by atoms with Crippen LogP contribution in [0, 0.1) is 5.92 Å². The summed E-state index contributed by atoms with van der Waals surface area (Å²) in [5.74, 6) is -0.396. The zero-order chi connectivity index (χ0) is 15.4. The Hall–Kier alpha value is -2.24. The van der Waals surface area contributed by atoms with Gasteiger partial charge in [-0.25, -0.2) is 0 Å². The first-order chi connectivity index (χ1) is 10.0. The van der Waals surface area contributed by atoms with Crippen molar-refractivity contribution in [3.63, 3.8) is 0 Å². The van der Waals surface area contributed by atoms with Crippen molar-refractivity contribution in [2.24, 2.45) is 11.7 Å². The van der Waals surface area contributed by atoms with Crippen LogP contribution in [0.2, 0.25) is 0 Å². The zero-order valence-electron chi connectivity index (χ0n) is 12.2. The molecule has 1 aliphatic rings. The highest BCUT2D eigenvalue weighted by molar-refractivity contribution is 5.99. The number of para-hydroxylation sites is 1. The van der Waals surface area contributed by atoms with E-state index in [4.69, 9.17) is 16.2 Å². The monoisotopic (exact) mass is 291 g/mol. The van der Waals surface area contributed by atoms with E-state index >= 15 is 0 Å². The van der Waals surface area contributed by atoms with Crippen molar-refractivity contribution in [2.45, 2.75) is 19.8 Å². The molecule has 1 aromatic carbocycles. The lowest BCUT2D eigenvalue weighted by atomic mass is 9.96. The molecule has 6 heteroatoms. The maximum absolute atomic E-state index is 12.7. The van der Waals surface area contributed by atoms with Gasteiger partial charge in [-0.2, -0.15) is 0 Å². The second kappa shape index (κ2) is 6.47. The van der Waals surface area contributed by atoms with Crippen molar-refractivity contribution in [1.82, 2.24) is 4.90 Å². The van der Waals surface area contributed by atoms with Crippen molar-refractivity contribution in [2.75, 3.05) is 25.4 Å². The maximum atomic E-state index is 12.7. The lowest BCUT2D eigenvalue weighted by molar-refractivity contribution is -0.123. The molecule has 0 saturated carbocycles. The Morgan fingerprint density at radius 1 is 1.43 bits per heavy atom. The fourth-order valence-electron chi connectivity index (χ4n) is 2.59. The van der Waals surface area contributed by atoms with Gasteiger partial charge in [-0.3, -0.25) is 9.59 Å². The fraction of sp³-hybridized carbons (Fsp3) is 0.467. The maximum Gasteiger partial charge on any atom is 0.257 e. The van der Waals surface area contributed by atoms with Crippen molar-refractivity contribution >= 4 is 17.5 Å². The Morgan fingerprint density at radius 2 is 2.19 bits per heavy atom. The van der Waals surface area contributed by atoms with Gasteiger partial charge in [0.15, 0.2) is 5.75 Å². The van der Waals surface area contributed by atoms with Gasteiger partial charge in [0, 0.05) is 13.1 Å². The second-order valence-corrected chi connectivity index (χ2v) is 5.15. The van der Waals surface area contributed by atoms with Crippen LogP contribution in [0.3, 0.4) is 0 Å². The predicted molar refractivity (Wildman–Crippen MR) is 79.8 cm³/mol. The van der Waals surface area contributed by atoms with E-state index in [9.17, 15) is 9.59 Å². The largest absolute Gasteiger partial charge is 0.491 e. The molecule has 6 nitrogen and oxygen atoms in total. The number of primary amides is 1. The van der Waals surface area contributed by atoms with Crippen LogP contribution < -0.4 is 16.2 Å². The summed E-state index contributed by atoms with van der Waals surface area (Å²) in [6.45, 7) is 3.24. The highest BCUT2D eigenvalue weighted by Crippen LogP contribution is 2.29. The summed E-state index contributed by atoms with van der Waals surface area (Å²) in [6, 6.07) is 5.11. The number of ether oxygens (including phenoxy) is 1. The molecule has 1 aromatic rings. The second-order valence-electron chi connectivity index (χ2n) is 5.15. The van der Waals surface area contributed by atoms with E-state index in [2.05, 4.69) is 0 Å². The molecule has 1 aliphatic heterocycles. The van der Waals surface area contributed by atoms with Gasteiger partial charge in [-0.15, -0.1) is 0 Å². The van der Waals surface area contributed by atoms with E-state index in [-0.39, 0.29) is 17.7 Å². The van der Waals surface area contributed by atoms with Gasteiger partial charge < -0.3 is 21.1 Å². The zero-order valence-corrected chi connectivity index (χ0v) is 12.2. The average Bonchev–Trinajstić information content (AvgIpc) is 2.49. The van der Waals surface area contributed by atoms with Crippen LogP contribution in [0.15, 0.2) is 18.2 Å². The molecule has 0 aromatic heterocycles. The Balaban J connectivity index is 2.23. The summed E-state index contributed by atoms with van der Waals surface area (Å²) < 4.78 is 5.49. The Kier molecular flexibility index (Phi) is 4.67. The molecular formula is C15H21N3O3. The molecule has 1 fully saturated rings. The number of amides is 2. The van der Waals surface area contributed by atoms with Crippen LogP contribution in [-0.2, 0) is 4.79 Å². The van der Waals surface area contributed by atoms with Crippen molar-refractivity contribution in [3.8, 4) is 5.75 Å². The van der Waals surface area contributed by atoms with Crippen molar-refractivity contribution < 1.29 is 14.3 Å². The van der Waals surface area contributed by atoms with Gasteiger partial charge in [0.05, 0.1) is 23.8 Å². The summed E-state index contributed by atoms with van der Waals surface area (Å²) in [7, 11) is 0. The molecule has 1 heterocycles. The fourth-order valence-corrected chi connectivity index (χ4v) is 2.59. The van der Waals surface area contributed by atoms with Crippen LogP contribution in [0.4, 0.5) is 5.69 Å².